The van der Waals surface area contributed by atoms with Gasteiger partial charge in [-0.3, -0.25) is 4.79 Å². The van der Waals surface area contributed by atoms with Gasteiger partial charge in [-0.2, -0.15) is 0 Å². The molecular weight excluding hydrogens is 549 g/mol. The molecule has 0 aliphatic rings. The predicted molar refractivity (Wildman–Crippen MR) is 172 cm³/mol. The number of rotatable bonds is 17. The van der Waals surface area contributed by atoms with Crippen molar-refractivity contribution in [2.24, 2.45) is 11.7 Å². The zero-order chi connectivity index (χ0) is 32.5. The van der Waals surface area contributed by atoms with Crippen LogP contribution in [0.3, 0.4) is 0 Å². The smallest absolute Gasteiger partial charge is 0.198 e. The second kappa shape index (κ2) is 19.2. The Balaban J connectivity index is 3.53. The summed E-state index contributed by atoms with van der Waals surface area (Å²) in [4.78, 5) is 13.1. The van der Waals surface area contributed by atoms with Gasteiger partial charge in [-0.05, 0) is 94.0 Å². The molecule has 43 heavy (non-hydrogen) atoms. The Morgan fingerprint density at radius 3 is 2.28 bits per heavy atom. The van der Waals surface area contributed by atoms with Gasteiger partial charge in [0.25, 0.3) is 0 Å². The molecule has 1 atom stereocenters. The van der Waals surface area contributed by atoms with Crippen LogP contribution in [0.1, 0.15) is 80.6 Å². The molecule has 1 unspecified atom stereocenters. The number of hydrogen-bond acceptors (Lipinski definition) is 4. The van der Waals surface area contributed by atoms with Crippen molar-refractivity contribution in [1.29, 1.82) is 0 Å². The fraction of sp³-hybridized carbons (Fsp3) is 0.361. The highest BCUT2D eigenvalue weighted by Crippen LogP contribution is 2.28. The van der Waals surface area contributed by atoms with E-state index in [9.17, 15) is 18.0 Å². The molecule has 1 rings (SSSR count). The van der Waals surface area contributed by atoms with Crippen LogP contribution in [0.5, 0.6) is 5.75 Å². The number of carbonyl (C=O) groups is 1. The minimum Gasteiger partial charge on any atom is -0.451 e. The first-order chi connectivity index (χ1) is 20.4. The Kier molecular flexibility index (Phi) is 16.6. The number of nitrogens with one attached hydrogen (secondary N) is 1. The van der Waals surface area contributed by atoms with Gasteiger partial charge >= 0.3 is 0 Å². The Hall–Kier alpha value is -4.00. The average Bonchev–Trinajstić information content (AvgIpc) is 2.96. The monoisotopic (exact) mass is 596 g/mol. The topological polar surface area (TPSA) is 64.4 Å². The number of hydrogen-bond donors (Lipinski definition) is 2. The third kappa shape index (κ3) is 12.8. The minimum absolute atomic E-state index is 0.163. The van der Waals surface area contributed by atoms with Crippen LogP contribution >= 0.6 is 0 Å². The highest BCUT2D eigenvalue weighted by molar-refractivity contribution is 6.04. The zero-order valence-electron chi connectivity index (χ0n) is 26.6. The van der Waals surface area contributed by atoms with Gasteiger partial charge in [0, 0.05) is 28.7 Å². The van der Waals surface area contributed by atoms with Gasteiger partial charge in [0.1, 0.15) is 11.6 Å². The molecule has 0 amide bonds. The summed E-state index contributed by atoms with van der Waals surface area (Å²) in [5, 5.41) is 3.38. The molecule has 0 saturated carbocycles. The number of unbranched alkanes of at least 4 members (excludes halogenated alkanes) is 2. The number of ketones is 1. The fourth-order valence-electron chi connectivity index (χ4n) is 4.14. The molecule has 0 spiro atoms. The van der Waals surface area contributed by atoms with E-state index in [0.29, 0.717) is 34.7 Å². The molecule has 7 heteroatoms. The van der Waals surface area contributed by atoms with E-state index in [1.807, 2.05) is 19.9 Å². The Bertz CT molecular complexity index is 1320. The molecule has 1 aromatic carbocycles. The van der Waals surface area contributed by atoms with Crippen LogP contribution in [0, 0.1) is 17.6 Å². The van der Waals surface area contributed by atoms with Gasteiger partial charge < -0.3 is 15.8 Å². The number of halogens is 3. The zero-order valence-corrected chi connectivity index (χ0v) is 26.6. The maximum Gasteiger partial charge on any atom is 0.198 e. The Labute approximate surface area is 256 Å². The van der Waals surface area contributed by atoms with Crippen LogP contribution in [-0.2, 0) is 4.79 Å². The van der Waals surface area contributed by atoms with E-state index in [1.54, 1.807) is 39.0 Å². The maximum atomic E-state index is 14.5. The molecule has 4 nitrogen and oxygen atoms in total. The summed E-state index contributed by atoms with van der Waals surface area (Å²) in [5.41, 5.74) is 9.53. The number of ether oxygens (including phenoxy) is 1. The molecule has 0 bridgehead atoms. The van der Waals surface area contributed by atoms with Crippen LogP contribution in [0.4, 0.5) is 13.2 Å². The van der Waals surface area contributed by atoms with E-state index in [1.165, 1.54) is 18.2 Å². The molecule has 0 aliphatic carbocycles. The predicted octanol–water partition coefficient (Wildman–Crippen LogP) is 9.96. The summed E-state index contributed by atoms with van der Waals surface area (Å²) in [6.07, 6.45) is 15.8. The molecule has 0 radical (unpaired) electrons. The number of carbonyl (C=O) groups excluding carboxylic acids is 1. The largest absolute Gasteiger partial charge is 0.451 e. The molecule has 3 N–H and O–H groups in total. The molecule has 0 heterocycles. The van der Waals surface area contributed by atoms with E-state index in [0.717, 1.165) is 49.5 Å². The lowest BCUT2D eigenvalue weighted by molar-refractivity contribution is -0.111. The lowest BCUT2D eigenvalue weighted by Gasteiger charge is -2.22. The number of allylic oxidation sites excluding steroid dienone is 12. The van der Waals surface area contributed by atoms with E-state index >= 15 is 0 Å². The van der Waals surface area contributed by atoms with Crippen molar-refractivity contribution in [2.75, 3.05) is 0 Å². The molecule has 0 saturated heterocycles. The van der Waals surface area contributed by atoms with Crippen LogP contribution in [-0.4, -0.2) is 5.78 Å². The quantitative estimate of drug-likeness (QED) is 0.0813. The first-order valence-corrected chi connectivity index (χ1v) is 14.7. The second-order valence-electron chi connectivity index (χ2n) is 10.4. The summed E-state index contributed by atoms with van der Waals surface area (Å²) < 4.78 is 47.6. The summed E-state index contributed by atoms with van der Waals surface area (Å²) in [6, 6.07) is 3.57. The van der Waals surface area contributed by atoms with Gasteiger partial charge in [0.05, 0.1) is 0 Å². The number of para-hydroxylation sites is 1. The minimum atomic E-state index is -0.802. The van der Waals surface area contributed by atoms with Crippen molar-refractivity contribution in [1.82, 2.24) is 5.32 Å². The standard InChI is InChI=1S/C36H47F3N2O2/c1-9-12-13-16-24(4)30(11-3)34(23-29(15-10-2)43-36-31(38)17-14-18-32(36)39)41-28(8)27(7)35(42)22-19-25(5)33(40)21-20-26(6)37/h11,14-15,17-24,41H,6,9-10,12-13,16,40H2,1-5,7-8H3/b21-20-,22-19+,28-27-,29-15+,30-11-,33-25-,34-23+. The van der Waals surface area contributed by atoms with Gasteiger partial charge in [0.15, 0.2) is 23.2 Å². The maximum absolute atomic E-state index is 14.5. The van der Waals surface area contributed by atoms with Crippen LogP contribution < -0.4 is 15.8 Å². The molecule has 0 aliphatic heterocycles. The number of benzene rings is 1. The molecule has 1 aromatic rings. The molecule has 234 valence electrons. The molecular formula is C36H47F3N2O2. The average molecular weight is 597 g/mol. The third-order valence-corrected chi connectivity index (χ3v) is 6.86. The normalized spacial score (nSPS) is 15.0. The summed E-state index contributed by atoms with van der Waals surface area (Å²) in [7, 11) is 0. The lowest BCUT2D eigenvalue weighted by atomic mass is 9.91. The van der Waals surface area contributed by atoms with Crippen LogP contribution in [0.15, 0.2) is 113 Å². The fourth-order valence-corrected chi connectivity index (χ4v) is 4.14. The number of nitrogens with two attached hydrogens (primary N) is 1. The van der Waals surface area contributed by atoms with Crippen LogP contribution in [0.25, 0.3) is 0 Å². The van der Waals surface area contributed by atoms with Crippen LogP contribution in [0.2, 0.25) is 0 Å². The first kappa shape index (κ1) is 37.0. The van der Waals surface area contributed by atoms with Gasteiger partial charge in [-0.15, -0.1) is 0 Å². The molecule has 0 aromatic heterocycles. The van der Waals surface area contributed by atoms with E-state index < -0.39 is 23.2 Å². The van der Waals surface area contributed by atoms with Crippen molar-refractivity contribution in [3.8, 4) is 5.75 Å². The van der Waals surface area contributed by atoms with Crippen molar-refractivity contribution < 1.29 is 22.7 Å². The molecule has 0 fully saturated rings. The van der Waals surface area contributed by atoms with E-state index in [4.69, 9.17) is 10.5 Å². The van der Waals surface area contributed by atoms with Gasteiger partial charge in [-0.1, -0.05) is 64.8 Å². The van der Waals surface area contributed by atoms with E-state index in [2.05, 4.69) is 25.7 Å². The second-order valence-corrected chi connectivity index (χ2v) is 10.4. The van der Waals surface area contributed by atoms with Crippen molar-refractivity contribution >= 4 is 5.78 Å². The van der Waals surface area contributed by atoms with Gasteiger partial charge in [0.2, 0.25) is 0 Å². The van der Waals surface area contributed by atoms with Crippen molar-refractivity contribution in [3.63, 3.8) is 0 Å². The Morgan fingerprint density at radius 2 is 1.72 bits per heavy atom. The van der Waals surface area contributed by atoms with Crippen molar-refractivity contribution in [2.45, 2.75) is 80.6 Å². The van der Waals surface area contributed by atoms with E-state index in [-0.39, 0.29) is 17.5 Å². The van der Waals surface area contributed by atoms with Crippen molar-refractivity contribution in [3.05, 3.63) is 124 Å². The first-order valence-electron chi connectivity index (χ1n) is 14.7. The SMILES string of the molecule is C=C(F)\C=C/C(N)=C(C)/C=C/C(=O)/C(C)=C(/C)NC(=C/C(=C\CC)Oc1c(F)cccc1F)/C(=C\C)C(C)CCCCC. The highest BCUT2D eigenvalue weighted by atomic mass is 19.1. The Morgan fingerprint density at radius 1 is 1.07 bits per heavy atom. The summed E-state index contributed by atoms with van der Waals surface area (Å²) in [6.45, 7) is 16.5. The highest BCUT2D eigenvalue weighted by Gasteiger charge is 2.17. The summed E-state index contributed by atoms with van der Waals surface area (Å²) in [5.74, 6) is -2.52. The third-order valence-electron chi connectivity index (χ3n) is 6.86. The van der Waals surface area contributed by atoms with Gasteiger partial charge in [-0.25, -0.2) is 13.2 Å². The lowest BCUT2D eigenvalue weighted by Crippen LogP contribution is -2.20. The summed E-state index contributed by atoms with van der Waals surface area (Å²) >= 11 is 0.